The summed E-state index contributed by atoms with van der Waals surface area (Å²) in [5.74, 6) is -0.583. The molecule has 0 aromatic carbocycles. The molecular weight excluding hydrogens is 388 g/mol. The number of aromatic nitrogens is 4. The summed E-state index contributed by atoms with van der Waals surface area (Å²) in [5, 5.41) is 11.0. The Bertz CT molecular complexity index is 1060. The number of hydrogen-bond donors (Lipinski definition) is 1. The van der Waals surface area contributed by atoms with Gasteiger partial charge in [-0.2, -0.15) is 10.2 Å². The van der Waals surface area contributed by atoms with Crippen molar-refractivity contribution in [3.63, 3.8) is 0 Å². The molecule has 1 aliphatic carbocycles. The third-order valence-corrected chi connectivity index (χ3v) is 6.12. The largest absolute Gasteiger partial charge is 0.465 e. The van der Waals surface area contributed by atoms with E-state index in [4.69, 9.17) is 0 Å². The highest BCUT2D eigenvalue weighted by atomic mass is 32.1. The molecular formula is C17H16N4O4S2. The average molecular weight is 404 g/mol. The van der Waals surface area contributed by atoms with Crippen molar-refractivity contribution in [3.8, 4) is 0 Å². The van der Waals surface area contributed by atoms with Crippen molar-refractivity contribution < 1.29 is 19.1 Å². The van der Waals surface area contributed by atoms with Gasteiger partial charge in [-0.15, -0.1) is 22.7 Å². The second-order valence-corrected chi connectivity index (χ2v) is 8.11. The Morgan fingerprint density at radius 1 is 1.11 bits per heavy atom. The molecule has 140 valence electrons. The minimum atomic E-state index is -0.301. The molecule has 1 N–H and O–H groups in total. The SMILES string of the molecule is COC(=O)c1cc2[nH]ncc2s1.COC(=O)c1cc2nn(C3CC3)cc2s1. The number of fused-ring (bicyclic) bond motifs is 2. The lowest BCUT2D eigenvalue weighted by Crippen LogP contribution is -1.97. The Kier molecular flexibility index (Phi) is 4.66. The van der Waals surface area contributed by atoms with Crippen LogP contribution in [0.1, 0.15) is 38.2 Å². The molecule has 0 atom stereocenters. The molecule has 1 fully saturated rings. The first-order valence-corrected chi connectivity index (χ1v) is 9.80. The zero-order valence-electron chi connectivity index (χ0n) is 14.6. The van der Waals surface area contributed by atoms with Crippen molar-refractivity contribution in [1.82, 2.24) is 20.0 Å². The maximum Gasteiger partial charge on any atom is 0.348 e. The predicted molar refractivity (Wildman–Crippen MR) is 103 cm³/mol. The summed E-state index contributed by atoms with van der Waals surface area (Å²) >= 11 is 2.81. The first-order valence-electron chi connectivity index (χ1n) is 8.17. The molecule has 1 aliphatic rings. The van der Waals surface area contributed by atoms with Gasteiger partial charge in [0.15, 0.2) is 0 Å². The van der Waals surface area contributed by atoms with Crippen molar-refractivity contribution in [2.45, 2.75) is 18.9 Å². The second-order valence-electron chi connectivity index (χ2n) is 5.94. The van der Waals surface area contributed by atoms with Gasteiger partial charge in [-0.1, -0.05) is 0 Å². The molecule has 10 heteroatoms. The van der Waals surface area contributed by atoms with Gasteiger partial charge in [-0.3, -0.25) is 9.78 Å². The van der Waals surface area contributed by atoms with Crippen LogP contribution < -0.4 is 0 Å². The smallest absolute Gasteiger partial charge is 0.348 e. The monoisotopic (exact) mass is 404 g/mol. The lowest BCUT2D eigenvalue weighted by Gasteiger charge is -1.94. The van der Waals surface area contributed by atoms with E-state index in [9.17, 15) is 9.59 Å². The van der Waals surface area contributed by atoms with Crippen LogP contribution in [0.15, 0.2) is 24.5 Å². The maximum absolute atomic E-state index is 11.3. The number of esters is 2. The second kappa shape index (κ2) is 7.12. The number of hydrogen-bond acceptors (Lipinski definition) is 8. The molecule has 0 unspecified atom stereocenters. The fourth-order valence-electron chi connectivity index (χ4n) is 2.52. The summed E-state index contributed by atoms with van der Waals surface area (Å²) in [6.07, 6.45) is 6.15. The van der Waals surface area contributed by atoms with Gasteiger partial charge >= 0.3 is 11.9 Å². The van der Waals surface area contributed by atoms with Gasteiger partial charge in [-0.05, 0) is 25.0 Å². The van der Waals surface area contributed by atoms with E-state index in [1.165, 1.54) is 49.7 Å². The minimum absolute atomic E-state index is 0.282. The fraction of sp³-hybridized carbons (Fsp3) is 0.294. The third kappa shape index (κ3) is 3.58. The lowest BCUT2D eigenvalue weighted by molar-refractivity contribution is 0.0597. The van der Waals surface area contributed by atoms with E-state index in [1.807, 2.05) is 10.9 Å². The molecule has 0 spiro atoms. The summed E-state index contributed by atoms with van der Waals surface area (Å²) < 4.78 is 13.3. The van der Waals surface area contributed by atoms with E-state index in [-0.39, 0.29) is 11.9 Å². The van der Waals surface area contributed by atoms with E-state index in [0.29, 0.717) is 15.8 Å². The van der Waals surface area contributed by atoms with Crippen LogP contribution in [-0.2, 0) is 9.47 Å². The molecule has 0 bridgehead atoms. The van der Waals surface area contributed by atoms with Crippen molar-refractivity contribution >= 4 is 55.0 Å². The summed E-state index contributed by atoms with van der Waals surface area (Å²) in [7, 11) is 2.76. The normalized spacial score (nSPS) is 13.4. The lowest BCUT2D eigenvalue weighted by atomic mass is 10.4. The number of aromatic amines is 1. The Hall–Kier alpha value is -2.72. The Morgan fingerprint density at radius 2 is 1.78 bits per heavy atom. The van der Waals surface area contributed by atoms with E-state index in [1.54, 1.807) is 18.3 Å². The number of rotatable bonds is 3. The predicted octanol–water partition coefficient (Wildman–Crippen LogP) is 3.63. The average Bonchev–Trinajstić information content (AvgIpc) is 3.00. The molecule has 27 heavy (non-hydrogen) atoms. The van der Waals surface area contributed by atoms with Crippen LogP contribution in [0.2, 0.25) is 0 Å². The van der Waals surface area contributed by atoms with Gasteiger partial charge in [0.2, 0.25) is 0 Å². The molecule has 5 rings (SSSR count). The highest BCUT2D eigenvalue weighted by Gasteiger charge is 2.25. The Morgan fingerprint density at radius 3 is 2.37 bits per heavy atom. The van der Waals surface area contributed by atoms with Crippen molar-refractivity contribution in [3.05, 3.63) is 34.3 Å². The van der Waals surface area contributed by atoms with Crippen LogP contribution in [0.3, 0.4) is 0 Å². The topological polar surface area (TPSA) is 99.1 Å². The molecule has 4 heterocycles. The van der Waals surface area contributed by atoms with E-state index in [0.717, 1.165) is 20.4 Å². The number of thiophene rings is 2. The number of nitrogens with zero attached hydrogens (tertiary/aromatic N) is 3. The number of carbonyl (C=O) groups excluding carboxylic acids is 2. The van der Waals surface area contributed by atoms with Gasteiger partial charge in [-0.25, -0.2) is 9.59 Å². The summed E-state index contributed by atoms with van der Waals surface area (Å²) in [6, 6.07) is 4.12. The number of carbonyl (C=O) groups is 2. The van der Waals surface area contributed by atoms with Crippen LogP contribution >= 0.6 is 22.7 Å². The minimum Gasteiger partial charge on any atom is -0.465 e. The summed E-state index contributed by atoms with van der Waals surface area (Å²) in [6.45, 7) is 0. The first kappa shape index (κ1) is 17.7. The molecule has 0 amide bonds. The number of ether oxygens (including phenoxy) is 2. The number of nitrogens with one attached hydrogen (secondary N) is 1. The first-order chi connectivity index (χ1) is 13.1. The fourth-order valence-corrected chi connectivity index (χ4v) is 4.36. The van der Waals surface area contributed by atoms with Crippen LogP contribution in [0.4, 0.5) is 0 Å². The molecule has 8 nitrogen and oxygen atoms in total. The van der Waals surface area contributed by atoms with Crippen LogP contribution in [0.25, 0.3) is 20.4 Å². The number of H-pyrrole nitrogens is 1. The van der Waals surface area contributed by atoms with Crippen LogP contribution in [-0.4, -0.2) is 46.1 Å². The standard InChI is InChI=1S/C10H10N2O2S.C7H6N2O2S/c1-14-10(13)8-4-7-9(15-8)5-12(11-7)6-2-3-6;1-11-7(10)5-2-4-6(12-5)3-8-9-4/h4-6H,2-3H2,1H3;2-3H,1H3,(H,8,9). The molecule has 0 aliphatic heterocycles. The maximum atomic E-state index is 11.3. The molecule has 4 aromatic rings. The Labute approximate surface area is 161 Å². The molecule has 4 aromatic heterocycles. The van der Waals surface area contributed by atoms with Gasteiger partial charge in [0, 0.05) is 6.20 Å². The van der Waals surface area contributed by atoms with E-state index < -0.39 is 0 Å². The molecule has 0 saturated heterocycles. The zero-order valence-corrected chi connectivity index (χ0v) is 16.2. The van der Waals surface area contributed by atoms with Gasteiger partial charge in [0.1, 0.15) is 15.3 Å². The number of methoxy groups -OCH3 is 2. The Balaban J connectivity index is 0.000000137. The zero-order chi connectivity index (χ0) is 19.0. The molecule has 1 saturated carbocycles. The van der Waals surface area contributed by atoms with E-state index in [2.05, 4.69) is 24.8 Å². The van der Waals surface area contributed by atoms with Gasteiger partial charge in [0.25, 0.3) is 0 Å². The summed E-state index contributed by atoms with van der Waals surface area (Å²) in [4.78, 5) is 23.5. The quantitative estimate of drug-likeness (QED) is 0.524. The highest BCUT2D eigenvalue weighted by molar-refractivity contribution is 7.21. The van der Waals surface area contributed by atoms with Crippen molar-refractivity contribution in [2.24, 2.45) is 0 Å². The van der Waals surface area contributed by atoms with E-state index >= 15 is 0 Å². The van der Waals surface area contributed by atoms with Crippen molar-refractivity contribution in [2.75, 3.05) is 14.2 Å². The third-order valence-electron chi connectivity index (χ3n) is 4.03. The van der Waals surface area contributed by atoms with Gasteiger partial charge in [0.05, 0.1) is 41.4 Å². The van der Waals surface area contributed by atoms with Crippen molar-refractivity contribution in [1.29, 1.82) is 0 Å². The highest BCUT2D eigenvalue weighted by Crippen LogP contribution is 2.36. The van der Waals surface area contributed by atoms with Gasteiger partial charge < -0.3 is 9.47 Å². The molecule has 0 radical (unpaired) electrons. The van der Waals surface area contributed by atoms with Crippen LogP contribution in [0, 0.1) is 0 Å². The summed E-state index contributed by atoms with van der Waals surface area (Å²) in [5.41, 5.74) is 1.77. The van der Waals surface area contributed by atoms with Crippen LogP contribution in [0.5, 0.6) is 0 Å².